The van der Waals surface area contributed by atoms with Crippen LogP contribution in [0, 0.1) is 0 Å². The molecule has 3 nitrogen and oxygen atoms in total. The number of thiocarbonyl (C=S) groups is 1. The van der Waals surface area contributed by atoms with Crippen molar-refractivity contribution in [1.29, 1.82) is 0 Å². The Morgan fingerprint density at radius 1 is 1.24 bits per heavy atom. The summed E-state index contributed by atoms with van der Waals surface area (Å²) in [6, 6.07) is 13.9. The maximum atomic E-state index is 5.61. The van der Waals surface area contributed by atoms with Crippen LogP contribution in [0.15, 0.2) is 46.9 Å². The van der Waals surface area contributed by atoms with Gasteiger partial charge in [-0.2, -0.15) is 0 Å². The van der Waals surface area contributed by atoms with Gasteiger partial charge in [0.05, 0.1) is 7.11 Å². The van der Waals surface area contributed by atoms with E-state index in [-0.39, 0.29) is 0 Å². The number of nitrogens with two attached hydrogens (primary N) is 1. The normalized spacial score (nSPS) is 10.2. The van der Waals surface area contributed by atoms with Gasteiger partial charge in [-0.15, -0.1) is 0 Å². The molecule has 110 valence electrons. The Bertz CT molecular complexity index is 629. The molecule has 2 aromatic carbocycles. The van der Waals surface area contributed by atoms with Crippen LogP contribution in [-0.2, 0) is 6.42 Å². The van der Waals surface area contributed by atoms with Crippen LogP contribution in [0.4, 0.5) is 5.69 Å². The van der Waals surface area contributed by atoms with Crippen LogP contribution in [0.25, 0.3) is 0 Å². The third kappa shape index (κ3) is 4.44. The number of rotatable bonds is 6. The van der Waals surface area contributed by atoms with Crippen molar-refractivity contribution in [1.82, 2.24) is 0 Å². The quantitative estimate of drug-likeness (QED) is 0.766. The predicted molar refractivity (Wildman–Crippen MR) is 95.2 cm³/mol. The van der Waals surface area contributed by atoms with E-state index in [1.54, 1.807) is 7.11 Å². The summed E-state index contributed by atoms with van der Waals surface area (Å²) in [5.41, 5.74) is 8.77. The highest BCUT2D eigenvalue weighted by atomic mass is 79.9. The molecule has 0 aliphatic rings. The average Bonchev–Trinajstić information content (AvgIpc) is 2.49. The van der Waals surface area contributed by atoms with Crippen LogP contribution < -0.4 is 15.8 Å². The van der Waals surface area contributed by atoms with Crippen molar-refractivity contribution in [3.63, 3.8) is 0 Å². The molecule has 0 unspecified atom stereocenters. The summed E-state index contributed by atoms with van der Waals surface area (Å²) in [5, 5.41) is 3.39. The lowest BCUT2D eigenvalue weighted by Gasteiger charge is -2.10. The zero-order valence-corrected chi connectivity index (χ0v) is 14.1. The molecule has 0 saturated carbocycles. The lowest BCUT2D eigenvalue weighted by molar-refractivity contribution is 0.414. The van der Waals surface area contributed by atoms with Gasteiger partial charge in [0.2, 0.25) is 0 Å². The van der Waals surface area contributed by atoms with Gasteiger partial charge in [-0.3, -0.25) is 0 Å². The van der Waals surface area contributed by atoms with Gasteiger partial charge in [0.1, 0.15) is 10.7 Å². The molecule has 0 aromatic heterocycles. The van der Waals surface area contributed by atoms with Crippen LogP contribution in [0.2, 0.25) is 0 Å². The minimum Gasteiger partial charge on any atom is -0.497 e. The predicted octanol–water partition coefficient (Wildman–Crippen LogP) is 3.75. The molecular weight excluding hydrogens is 348 g/mol. The Morgan fingerprint density at radius 2 is 1.95 bits per heavy atom. The molecule has 0 amide bonds. The average molecular weight is 365 g/mol. The SMILES string of the molecule is COc1ccc(CCNc2ccc(C(N)=S)cc2Br)cc1. The number of benzene rings is 2. The topological polar surface area (TPSA) is 47.3 Å². The molecule has 0 bridgehead atoms. The molecule has 5 heteroatoms. The summed E-state index contributed by atoms with van der Waals surface area (Å²) in [4.78, 5) is 0.403. The fourth-order valence-corrected chi connectivity index (χ4v) is 2.59. The van der Waals surface area contributed by atoms with E-state index in [1.807, 2.05) is 30.3 Å². The van der Waals surface area contributed by atoms with Crippen molar-refractivity contribution < 1.29 is 4.74 Å². The molecule has 0 saturated heterocycles. The molecule has 0 atom stereocenters. The van der Waals surface area contributed by atoms with Gasteiger partial charge in [-0.05, 0) is 58.2 Å². The first kappa shape index (κ1) is 15.8. The Hall–Kier alpha value is -1.59. The lowest BCUT2D eigenvalue weighted by Crippen LogP contribution is -2.10. The van der Waals surface area contributed by atoms with Crippen molar-refractivity contribution in [2.45, 2.75) is 6.42 Å². The Kier molecular flexibility index (Phi) is 5.59. The van der Waals surface area contributed by atoms with Crippen molar-refractivity contribution >= 4 is 38.8 Å². The summed E-state index contributed by atoms with van der Waals surface area (Å²) in [7, 11) is 1.67. The highest BCUT2D eigenvalue weighted by Crippen LogP contribution is 2.23. The highest BCUT2D eigenvalue weighted by Gasteiger charge is 2.03. The molecule has 0 fully saturated rings. The third-order valence-electron chi connectivity index (χ3n) is 3.14. The molecule has 2 aromatic rings. The van der Waals surface area contributed by atoms with Gasteiger partial charge < -0.3 is 15.8 Å². The summed E-state index contributed by atoms with van der Waals surface area (Å²) in [6.45, 7) is 0.845. The van der Waals surface area contributed by atoms with Crippen molar-refractivity contribution in [2.24, 2.45) is 5.73 Å². The zero-order valence-electron chi connectivity index (χ0n) is 11.7. The highest BCUT2D eigenvalue weighted by molar-refractivity contribution is 9.10. The number of hydrogen-bond acceptors (Lipinski definition) is 3. The zero-order chi connectivity index (χ0) is 15.2. The first-order valence-electron chi connectivity index (χ1n) is 6.56. The molecule has 21 heavy (non-hydrogen) atoms. The minimum atomic E-state index is 0.403. The summed E-state index contributed by atoms with van der Waals surface area (Å²) >= 11 is 8.49. The summed E-state index contributed by atoms with van der Waals surface area (Å²) in [5.74, 6) is 0.878. The second kappa shape index (κ2) is 7.43. The number of halogens is 1. The van der Waals surface area contributed by atoms with E-state index < -0.39 is 0 Å². The number of anilines is 1. The largest absolute Gasteiger partial charge is 0.497 e. The van der Waals surface area contributed by atoms with Crippen LogP contribution in [-0.4, -0.2) is 18.6 Å². The van der Waals surface area contributed by atoms with Crippen LogP contribution >= 0.6 is 28.1 Å². The van der Waals surface area contributed by atoms with Gasteiger partial charge in [0.25, 0.3) is 0 Å². The number of nitrogens with one attached hydrogen (secondary N) is 1. The molecule has 0 heterocycles. The summed E-state index contributed by atoms with van der Waals surface area (Å²) in [6.07, 6.45) is 0.938. The molecule has 0 radical (unpaired) electrons. The van der Waals surface area contributed by atoms with Crippen molar-refractivity contribution in [3.8, 4) is 5.75 Å². The maximum Gasteiger partial charge on any atom is 0.118 e. The van der Waals surface area contributed by atoms with E-state index in [2.05, 4.69) is 33.4 Å². The van der Waals surface area contributed by atoms with Gasteiger partial charge in [-0.25, -0.2) is 0 Å². The smallest absolute Gasteiger partial charge is 0.118 e. The Balaban J connectivity index is 1.92. The fourth-order valence-electron chi connectivity index (χ4n) is 1.95. The lowest BCUT2D eigenvalue weighted by atomic mass is 10.1. The molecule has 0 aliphatic heterocycles. The minimum absolute atomic E-state index is 0.403. The monoisotopic (exact) mass is 364 g/mol. The third-order valence-corrected chi connectivity index (χ3v) is 4.03. The van der Waals surface area contributed by atoms with E-state index >= 15 is 0 Å². The number of methoxy groups -OCH3 is 1. The van der Waals surface area contributed by atoms with Gasteiger partial charge in [0, 0.05) is 22.3 Å². The van der Waals surface area contributed by atoms with Gasteiger partial charge in [-0.1, -0.05) is 24.4 Å². The molecular formula is C16H17BrN2OS. The second-order valence-corrected chi connectivity index (χ2v) is 5.88. The van der Waals surface area contributed by atoms with Crippen LogP contribution in [0.5, 0.6) is 5.75 Å². The second-order valence-electron chi connectivity index (χ2n) is 4.58. The van der Waals surface area contributed by atoms with Crippen LogP contribution in [0.1, 0.15) is 11.1 Å². The van der Waals surface area contributed by atoms with E-state index in [0.29, 0.717) is 4.99 Å². The van der Waals surface area contributed by atoms with E-state index in [1.165, 1.54) is 5.56 Å². The first-order chi connectivity index (χ1) is 10.1. The number of hydrogen-bond donors (Lipinski definition) is 2. The standard InChI is InChI=1S/C16H17BrN2OS/c1-20-13-5-2-11(3-6-13)8-9-19-15-7-4-12(16(18)21)10-14(15)17/h2-7,10,19H,8-9H2,1H3,(H2,18,21). The number of ether oxygens (including phenoxy) is 1. The Morgan fingerprint density at radius 3 is 2.52 bits per heavy atom. The van der Waals surface area contributed by atoms with Gasteiger partial charge in [0.15, 0.2) is 0 Å². The van der Waals surface area contributed by atoms with Crippen LogP contribution in [0.3, 0.4) is 0 Å². The van der Waals surface area contributed by atoms with Crippen molar-refractivity contribution in [2.75, 3.05) is 19.0 Å². The maximum absolute atomic E-state index is 5.61. The molecule has 0 aliphatic carbocycles. The first-order valence-corrected chi connectivity index (χ1v) is 7.76. The molecule has 0 spiro atoms. The molecule has 2 rings (SSSR count). The van der Waals surface area contributed by atoms with E-state index in [0.717, 1.165) is 34.4 Å². The van der Waals surface area contributed by atoms with Crippen molar-refractivity contribution in [3.05, 3.63) is 58.1 Å². The summed E-state index contributed by atoms with van der Waals surface area (Å²) < 4.78 is 6.11. The van der Waals surface area contributed by atoms with E-state index in [9.17, 15) is 0 Å². The Labute approximate surface area is 138 Å². The van der Waals surface area contributed by atoms with E-state index in [4.69, 9.17) is 22.7 Å². The molecule has 3 N–H and O–H groups in total. The van der Waals surface area contributed by atoms with Gasteiger partial charge >= 0.3 is 0 Å². The fraction of sp³-hybridized carbons (Fsp3) is 0.188.